The molecule has 2 aromatic carbocycles. The number of carboxylic acids is 1. The summed E-state index contributed by atoms with van der Waals surface area (Å²) in [5.74, 6) is -1.21. The van der Waals surface area contributed by atoms with E-state index in [0.717, 1.165) is 27.5 Å². The molecule has 0 aliphatic carbocycles. The summed E-state index contributed by atoms with van der Waals surface area (Å²) >= 11 is 0. The van der Waals surface area contributed by atoms with Crippen LogP contribution in [0.3, 0.4) is 0 Å². The number of rotatable bonds is 4. The van der Waals surface area contributed by atoms with Gasteiger partial charge in [0, 0.05) is 36.0 Å². The molecule has 1 atom stereocenters. The molecule has 3 aromatic rings. The van der Waals surface area contributed by atoms with Crippen LogP contribution in [0.25, 0.3) is 21.9 Å². The summed E-state index contributed by atoms with van der Waals surface area (Å²) < 4.78 is 6.02. The van der Waals surface area contributed by atoms with E-state index < -0.39 is 12.0 Å². The highest BCUT2D eigenvalue weighted by Crippen LogP contribution is 2.31. The Morgan fingerprint density at radius 2 is 2.00 bits per heavy atom. The van der Waals surface area contributed by atoms with Crippen LogP contribution in [0.1, 0.15) is 12.0 Å². The van der Waals surface area contributed by atoms with Crippen molar-refractivity contribution in [2.75, 3.05) is 13.1 Å². The van der Waals surface area contributed by atoms with Gasteiger partial charge in [0.05, 0.1) is 6.42 Å². The average molecular weight is 338 g/mol. The third-order valence-electron chi connectivity index (χ3n) is 4.67. The largest absolute Gasteiger partial charge is 0.481 e. The van der Waals surface area contributed by atoms with Crippen LogP contribution >= 0.6 is 0 Å². The number of amides is 1. The highest BCUT2D eigenvalue weighted by atomic mass is 16.4. The third kappa shape index (κ3) is 2.85. The molecule has 1 fully saturated rings. The van der Waals surface area contributed by atoms with Gasteiger partial charge in [0.1, 0.15) is 17.2 Å². The van der Waals surface area contributed by atoms with E-state index in [1.54, 1.807) is 0 Å². The number of hydrogen-bond donors (Lipinski definition) is 2. The SMILES string of the molecule is O=C(O)CC1C(=O)NCCN1Cc1cccc2c1oc1ccccc12. The molecule has 1 unspecified atom stereocenters. The van der Waals surface area contributed by atoms with Gasteiger partial charge in [0.25, 0.3) is 0 Å². The second-order valence-corrected chi connectivity index (χ2v) is 6.27. The molecular formula is C19H18N2O4. The molecule has 4 rings (SSSR count). The smallest absolute Gasteiger partial charge is 0.305 e. The lowest BCUT2D eigenvalue weighted by atomic mass is 10.1. The molecule has 0 bridgehead atoms. The molecule has 6 nitrogen and oxygen atoms in total. The maximum atomic E-state index is 12.1. The van der Waals surface area contributed by atoms with Crippen LogP contribution in [0, 0.1) is 0 Å². The zero-order valence-corrected chi connectivity index (χ0v) is 13.6. The molecule has 25 heavy (non-hydrogen) atoms. The predicted molar refractivity (Wildman–Crippen MR) is 93.2 cm³/mol. The van der Waals surface area contributed by atoms with E-state index in [0.29, 0.717) is 19.6 Å². The van der Waals surface area contributed by atoms with Crippen molar-refractivity contribution in [3.63, 3.8) is 0 Å². The summed E-state index contributed by atoms with van der Waals surface area (Å²) in [7, 11) is 0. The molecule has 1 amide bonds. The predicted octanol–water partition coefficient (Wildman–Crippen LogP) is 2.36. The Hall–Kier alpha value is -2.86. The monoisotopic (exact) mass is 338 g/mol. The summed E-state index contributed by atoms with van der Waals surface area (Å²) in [6.07, 6.45) is -0.206. The van der Waals surface area contributed by atoms with Gasteiger partial charge in [0.2, 0.25) is 5.91 Å². The molecule has 2 heterocycles. The Labute approximate surface area is 144 Å². The Morgan fingerprint density at radius 1 is 1.20 bits per heavy atom. The Kier molecular flexibility index (Phi) is 3.89. The van der Waals surface area contributed by atoms with Crippen molar-refractivity contribution >= 4 is 33.8 Å². The molecule has 1 saturated heterocycles. The number of nitrogens with one attached hydrogen (secondary N) is 1. The highest BCUT2D eigenvalue weighted by Gasteiger charge is 2.32. The Balaban J connectivity index is 1.72. The number of nitrogens with zero attached hydrogens (tertiary/aromatic N) is 1. The standard InChI is InChI=1S/C19H18N2O4/c22-17(23)10-15-19(24)20-8-9-21(15)11-12-4-3-6-14-13-5-1-2-7-16(13)25-18(12)14/h1-7,15H,8-11H2,(H,20,24)(H,22,23). The summed E-state index contributed by atoms with van der Waals surface area (Å²) in [5.41, 5.74) is 2.57. The van der Waals surface area contributed by atoms with Gasteiger partial charge in [-0.25, -0.2) is 0 Å². The maximum Gasteiger partial charge on any atom is 0.305 e. The van der Waals surface area contributed by atoms with E-state index in [1.165, 1.54) is 0 Å². The second-order valence-electron chi connectivity index (χ2n) is 6.27. The number of aliphatic carboxylic acids is 1. The molecule has 6 heteroatoms. The summed E-state index contributed by atoms with van der Waals surface area (Å²) in [6, 6.07) is 13.1. The minimum atomic E-state index is -0.978. The number of carbonyl (C=O) groups is 2. The zero-order valence-electron chi connectivity index (χ0n) is 13.6. The number of furan rings is 1. The van der Waals surface area contributed by atoms with Crippen LogP contribution in [0.2, 0.25) is 0 Å². The van der Waals surface area contributed by atoms with Gasteiger partial charge in [-0.3, -0.25) is 14.5 Å². The lowest BCUT2D eigenvalue weighted by molar-refractivity contribution is -0.143. The average Bonchev–Trinajstić information content (AvgIpc) is 2.97. The van der Waals surface area contributed by atoms with Gasteiger partial charge < -0.3 is 14.8 Å². The minimum absolute atomic E-state index is 0.206. The first-order chi connectivity index (χ1) is 12.1. The first-order valence-electron chi connectivity index (χ1n) is 8.26. The van der Waals surface area contributed by atoms with Crippen molar-refractivity contribution < 1.29 is 19.1 Å². The first kappa shape index (κ1) is 15.7. The number of fused-ring (bicyclic) bond motifs is 3. The van der Waals surface area contributed by atoms with E-state index in [-0.39, 0.29) is 12.3 Å². The van der Waals surface area contributed by atoms with E-state index in [1.807, 2.05) is 47.4 Å². The first-order valence-corrected chi connectivity index (χ1v) is 8.26. The number of carbonyl (C=O) groups excluding carboxylic acids is 1. The normalized spacial score (nSPS) is 18.6. The van der Waals surface area contributed by atoms with Gasteiger partial charge >= 0.3 is 5.97 Å². The molecule has 2 N–H and O–H groups in total. The van der Waals surface area contributed by atoms with Crippen LogP contribution in [0.5, 0.6) is 0 Å². The number of benzene rings is 2. The van der Waals surface area contributed by atoms with Crippen LogP contribution in [0.4, 0.5) is 0 Å². The van der Waals surface area contributed by atoms with Crippen LogP contribution in [-0.4, -0.2) is 41.0 Å². The molecule has 1 aliphatic heterocycles. The fraction of sp³-hybridized carbons (Fsp3) is 0.263. The molecule has 1 aromatic heterocycles. The van der Waals surface area contributed by atoms with Gasteiger partial charge in [-0.2, -0.15) is 0 Å². The number of para-hydroxylation sites is 2. The van der Waals surface area contributed by atoms with Crippen LogP contribution < -0.4 is 5.32 Å². The molecule has 0 radical (unpaired) electrons. The van der Waals surface area contributed by atoms with E-state index in [4.69, 9.17) is 9.52 Å². The zero-order chi connectivity index (χ0) is 17.4. The second kappa shape index (κ2) is 6.22. The van der Waals surface area contributed by atoms with Crippen molar-refractivity contribution in [3.05, 3.63) is 48.0 Å². The molecule has 0 saturated carbocycles. The third-order valence-corrected chi connectivity index (χ3v) is 4.67. The number of carboxylic acid groups (broad SMARTS) is 1. The topological polar surface area (TPSA) is 82.8 Å². The lowest BCUT2D eigenvalue weighted by Gasteiger charge is -2.34. The fourth-order valence-corrected chi connectivity index (χ4v) is 3.49. The molecule has 128 valence electrons. The van der Waals surface area contributed by atoms with Crippen molar-refractivity contribution in [3.8, 4) is 0 Å². The van der Waals surface area contributed by atoms with Gasteiger partial charge in [-0.05, 0) is 6.07 Å². The lowest BCUT2D eigenvalue weighted by Crippen LogP contribution is -2.55. The van der Waals surface area contributed by atoms with Crippen molar-refractivity contribution in [1.29, 1.82) is 0 Å². The van der Waals surface area contributed by atoms with Crippen LogP contribution in [0.15, 0.2) is 46.9 Å². The number of piperazine rings is 1. The Morgan fingerprint density at radius 3 is 2.84 bits per heavy atom. The molecule has 1 aliphatic rings. The number of hydrogen-bond acceptors (Lipinski definition) is 4. The van der Waals surface area contributed by atoms with Crippen molar-refractivity contribution in [2.24, 2.45) is 0 Å². The van der Waals surface area contributed by atoms with Gasteiger partial charge in [-0.1, -0.05) is 36.4 Å². The quantitative estimate of drug-likeness (QED) is 0.763. The van der Waals surface area contributed by atoms with Crippen LogP contribution in [-0.2, 0) is 16.1 Å². The van der Waals surface area contributed by atoms with Crippen molar-refractivity contribution in [1.82, 2.24) is 10.2 Å². The van der Waals surface area contributed by atoms with E-state index in [9.17, 15) is 9.59 Å². The molecule has 0 spiro atoms. The van der Waals surface area contributed by atoms with Gasteiger partial charge in [0.15, 0.2) is 0 Å². The summed E-state index contributed by atoms with van der Waals surface area (Å²) in [5, 5.41) is 13.9. The summed E-state index contributed by atoms with van der Waals surface area (Å²) in [4.78, 5) is 25.1. The summed E-state index contributed by atoms with van der Waals surface area (Å²) in [6.45, 7) is 1.61. The van der Waals surface area contributed by atoms with E-state index >= 15 is 0 Å². The molecular weight excluding hydrogens is 320 g/mol. The van der Waals surface area contributed by atoms with Crippen molar-refractivity contribution in [2.45, 2.75) is 19.0 Å². The minimum Gasteiger partial charge on any atom is -0.481 e. The maximum absolute atomic E-state index is 12.1. The van der Waals surface area contributed by atoms with Gasteiger partial charge in [-0.15, -0.1) is 0 Å². The fourth-order valence-electron chi connectivity index (χ4n) is 3.49. The Bertz CT molecular complexity index is 962. The highest BCUT2D eigenvalue weighted by molar-refractivity contribution is 6.05. The van der Waals surface area contributed by atoms with E-state index in [2.05, 4.69) is 5.32 Å².